The number of carbonyl (C=O) groups excluding carboxylic acids is 1. The lowest BCUT2D eigenvalue weighted by Gasteiger charge is -2.21. The summed E-state index contributed by atoms with van der Waals surface area (Å²) in [6, 6.07) is 4.02. The Balaban J connectivity index is 2.36. The van der Waals surface area contributed by atoms with Crippen LogP contribution < -0.4 is 4.90 Å². The molecule has 0 unspecified atom stereocenters. The second-order valence-electron chi connectivity index (χ2n) is 5.10. The molecular formula is C15H19ClN2O2. The van der Waals surface area contributed by atoms with Gasteiger partial charge in [0.25, 0.3) is 0 Å². The molecule has 0 saturated heterocycles. The van der Waals surface area contributed by atoms with Crippen LogP contribution in [0.25, 0.3) is 0 Å². The fraction of sp³-hybridized carbons (Fsp3) is 0.467. The second-order valence-corrected chi connectivity index (χ2v) is 5.47. The molecule has 0 bridgehead atoms. The number of benzene rings is 1. The zero-order valence-electron chi connectivity index (χ0n) is 11.6. The van der Waals surface area contributed by atoms with Gasteiger partial charge in [-0.1, -0.05) is 11.2 Å². The molecule has 1 aliphatic heterocycles. The average molecular weight is 295 g/mol. The maximum Gasteiger partial charge on any atom is 0.134 e. The zero-order chi connectivity index (χ0) is 14.5. The molecule has 1 aliphatic rings. The molecule has 5 heteroatoms. The van der Waals surface area contributed by atoms with Crippen LogP contribution in [-0.4, -0.2) is 36.2 Å². The highest BCUT2D eigenvalue weighted by atomic mass is 35.5. The van der Waals surface area contributed by atoms with Gasteiger partial charge in [0, 0.05) is 36.6 Å². The molecule has 1 heterocycles. The number of fused-ring (bicyclic) bond motifs is 1. The highest BCUT2D eigenvalue weighted by molar-refractivity contribution is 6.17. The van der Waals surface area contributed by atoms with Crippen LogP contribution >= 0.6 is 11.6 Å². The summed E-state index contributed by atoms with van der Waals surface area (Å²) < 4.78 is 0. The molecule has 4 nitrogen and oxygen atoms in total. The summed E-state index contributed by atoms with van der Waals surface area (Å²) in [6.45, 7) is 3.43. The normalized spacial score (nSPS) is 14.0. The quantitative estimate of drug-likeness (QED) is 0.380. The highest BCUT2D eigenvalue weighted by Gasteiger charge is 2.22. The van der Waals surface area contributed by atoms with Crippen molar-refractivity contribution >= 4 is 29.3 Å². The van der Waals surface area contributed by atoms with Gasteiger partial charge in [0.2, 0.25) is 0 Å². The molecule has 1 N–H and O–H groups in total. The smallest absolute Gasteiger partial charge is 0.134 e. The van der Waals surface area contributed by atoms with Gasteiger partial charge in [-0.25, -0.2) is 0 Å². The van der Waals surface area contributed by atoms with Crippen molar-refractivity contribution in [2.75, 3.05) is 23.9 Å². The first kappa shape index (κ1) is 14.9. The topological polar surface area (TPSA) is 52.9 Å². The molecule has 0 aromatic heterocycles. The number of carbonyl (C=O) groups is 1. The maximum atomic E-state index is 11.3. The summed E-state index contributed by atoms with van der Waals surface area (Å²) in [4.78, 5) is 13.6. The van der Waals surface area contributed by atoms with Crippen molar-refractivity contribution in [2.24, 2.45) is 5.16 Å². The van der Waals surface area contributed by atoms with Crippen LogP contribution in [-0.2, 0) is 17.6 Å². The van der Waals surface area contributed by atoms with Crippen molar-refractivity contribution in [1.82, 2.24) is 0 Å². The molecule has 108 valence electrons. The number of nitrogens with zero attached hydrogens (tertiary/aromatic N) is 2. The number of halogens is 1. The number of oxime groups is 1. The number of ketones is 1. The lowest BCUT2D eigenvalue weighted by Crippen LogP contribution is -2.23. The summed E-state index contributed by atoms with van der Waals surface area (Å²) in [6.07, 6.45) is 3.74. The van der Waals surface area contributed by atoms with Crippen molar-refractivity contribution in [2.45, 2.75) is 26.2 Å². The zero-order valence-corrected chi connectivity index (χ0v) is 12.4. The molecule has 0 aliphatic carbocycles. The predicted molar refractivity (Wildman–Crippen MR) is 81.5 cm³/mol. The maximum absolute atomic E-state index is 11.3. The Morgan fingerprint density at radius 3 is 3.00 bits per heavy atom. The van der Waals surface area contributed by atoms with Crippen molar-refractivity contribution in [3.8, 4) is 0 Å². The largest absolute Gasteiger partial charge is 0.411 e. The van der Waals surface area contributed by atoms with Gasteiger partial charge in [0.1, 0.15) is 5.78 Å². The van der Waals surface area contributed by atoms with Crippen molar-refractivity contribution < 1.29 is 10.0 Å². The third kappa shape index (κ3) is 3.31. The molecule has 0 saturated carbocycles. The first-order valence-corrected chi connectivity index (χ1v) is 7.32. The fourth-order valence-corrected chi connectivity index (χ4v) is 2.87. The number of hydrogen-bond acceptors (Lipinski definition) is 4. The van der Waals surface area contributed by atoms with Gasteiger partial charge in [0.15, 0.2) is 0 Å². The minimum absolute atomic E-state index is 0.133. The highest BCUT2D eigenvalue weighted by Crippen LogP contribution is 2.32. The molecule has 1 aromatic rings. The standard InChI is InChI=1S/C15H19ClN2O2/c1-11(19)7-12-8-13-3-6-18(5-2-4-16)15(13)14(9-12)10-17-20/h8-10,20H,2-7H2,1H3/b17-10+. The first-order valence-electron chi connectivity index (χ1n) is 6.79. The van der Waals surface area contributed by atoms with Gasteiger partial charge in [-0.2, -0.15) is 0 Å². The van der Waals surface area contributed by atoms with Crippen LogP contribution in [0.2, 0.25) is 0 Å². The Morgan fingerprint density at radius 1 is 1.55 bits per heavy atom. The van der Waals surface area contributed by atoms with Crippen molar-refractivity contribution in [3.63, 3.8) is 0 Å². The van der Waals surface area contributed by atoms with Crippen molar-refractivity contribution in [3.05, 3.63) is 28.8 Å². The van der Waals surface area contributed by atoms with Crippen LogP contribution in [0.5, 0.6) is 0 Å². The monoisotopic (exact) mass is 294 g/mol. The van der Waals surface area contributed by atoms with Gasteiger partial charge in [0.05, 0.1) is 6.21 Å². The number of hydrogen-bond donors (Lipinski definition) is 1. The van der Waals surface area contributed by atoms with E-state index in [4.69, 9.17) is 16.8 Å². The summed E-state index contributed by atoms with van der Waals surface area (Å²) in [5, 5.41) is 12.0. The second kappa shape index (κ2) is 6.75. The minimum atomic E-state index is 0.133. The van der Waals surface area contributed by atoms with Crippen LogP contribution in [0.15, 0.2) is 17.3 Å². The van der Waals surface area contributed by atoms with E-state index >= 15 is 0 Å². The van der Waals surface area contributed by atoms with Gasteiger partial charge in [-0.05, 0) is 37.0 Å². The Bertz CT molecular complexity index is 529. The lowest BCUT2D eigenvalue weighted by molar-refractivity contribution is -0.116. The number of rotatable bonds is 6. The molecule has 2 rings (SSSR count). The van der Waals surface area contributed by atoms with Crippen LogP contribution in [0.3, 0.4) is 0 Å². The third-order valence-electron chi connectivity index (χ3n) is 3.46. The summed E-state index contributed by atoms with van der Waals surface area (Å²) in [7, 11) is 0. The Kier molecular flexibility index (Phi) is 5.01. The summed E-state index contributed by atoms with van der Waals surface area (Å²) >= 11 is 5.76. The van der Waals surface area contributed by atoms with Crippen molar-refractivity contribution in [1.29, 1.82) is 0 Å². The first-order chi connectivity index (χ1) is 9.65. The van der Waals surface area contributed by atoms with Crippen LogP contribution in [0, 0.1) is 0 Å². The molecule has 0 atom stereocenters. The molecule has 20 heavy (non-hydrogen) atoms. The lowest BCUT2D eigenvalue weighted by atomic mass is 10.00. The Labute approximate surface area is 124 Å². The molecular weight excluding hydrogens is 276 g/mol. The summed E-state index contributed by atoms with van der Waals surface area (Å²) in [5.41, 5.74) is 4.17. The average Bonchev–Trinajstić information content (AvgIpc) is 2.79. The van der Waals surface area contributed by atoms with Gasteiger partial charge in [-0.3, -0.25) is 4.79 Å². The fourth-order valence-electron chi connectivity index (χ4n) is 2.76. The van der Waals surface area contributed by atoms with Crippen LogP contribution in [0.1, 0.15) is 30.0 Å². The van der Waals surface area contributed by atoms with E-state index in [1.165, 1.54) is 11.8 Å². The van der Waals surface area contributed by atoms with Crippen LogP contribution in [0.4, 0.5) is 5.69 Å². The van der Waals surface area contributed by atoms with E-state index in [-0.39, 0.29) is 5.78 Å². The van der Waals surface area contributed by atoms with Gasteiger partial charge in [-0.15, -0.1) is 11.6 Å². The van der Waals surface area contributed by atoms with Gasteiger partial charge < -0.3 is 10.1 Å². The number of anilines is 1. The molecule has 0 fully saturated rings. The van der Waals surface area contributed by atoms with E-state index in [9.17, 15) is 4.79 Å². The van der Waals surface area contributed by atoms with Gasteiger partial charge >= 0.3 is 0 Å². The third-order valence-corrected chi connectivity index (χ3v) is 3.72. The molecule has 0 amide bonds. The van der Waals surface area contributed by atoms with E-state index in [0.29, 0.717) is 12.3 Å². The molecule has 1 aromatic carbocycles. The number of alkyl halides is 1. The van der Waals surface area contributed by atoms with E-state index < -0.39 is 0 Å². The molecule has 0 radical (unpaired) electrons. The summed E-state index contributed by atoms with van der Waals surface area (Å²) in [5.74, 6) is 0.770. The van der Waals surface area contributed by atoms with E-state index in [1.54, 1.807) is 6.92 Å². The Hall–Kier alpha value is -1.55. The minimum Gasteiger partial charge on any atom is -0.411 e. The number of Topliss-reactive ketones (excluding diaryl/α,β-unsaturated/α-hetero) is 1. The van der Waals surface area contributed by atoms with E-state index in [0.717, 1.165) is 42.7 Å². The van der Waals surface area contributed by atoms with E-state index in [1.807, 2.05) is 6.07 Å². The molecule has 0 spiro atoms. The predicted octanol–water partition coefficient (Wildman–Crippen LogP) is 2.62. The Morgan fingerprint density at radius 2 is 2.35 bits per heavy atom. The van der Waals surface area contributed by atoms with E-state index in [2.05, 4.69) is 16.1 Å². The SMILES string of the molecule is CC(=O)Cc1cc(/C=N/O)c2c(c1)CCN2CCCCl.